The summed E-state index contributed by atoms with van der Waals surface area (Å²) in [6, 6.07) is 2.10. The van der Waals surface area contributed by atoms with Gasteiger partial charge in [-0.25, -0.2) is 0 Å². The lowest BCUT2D eigenvalue weighted by molar-refractivity contribution is -0.124. The number of hydrogen-bond acceptors (Lipinski definition) is 3. The van der Waals surface area contributed by atoms with E-state index in [0.29, 0.717) is 23.8 Å². The van der Waals surface area contributed by atoms with E-state index in [4.69, 9.17) is 0 Å². The number of aryl methyl sites for hydroxylation is 1. The van der Waals surface area contributed by atoms with E-state index in [1.165, 1.54) is 0 Å². The van der Waals surface area contributed by atoms with Crippen LogP contribution in [0, 0.1) is 18.8 Å². The molecule has 2 fully saturated rings. The number of fused-ring (bicyclic) bond motifs is 1. The monoisotopic (exact) mass is 287 g/mol. The van der Waals surface area contributed by atoms with Crippen LogP contribution in [-0.4, -0.2) is 41.3 Å². The van der Waals surface area contributed by atoms with Crippen LogP contribution in [0.1, 0.15) is 35.2 Å². The number of rotatable bonds is 2. The molecular formula is C16H21N3O2. The van der Waals surface area contributed by atoms with Crippen molar-refractivity contribution >= 4 is 11.8 Å². The molecule has 1 aliphatic carbocycles. The van der Waals surface area contributed by atoms with Crippen molar-refractivity contribution in [3.8, 4) is 0 Å². The second-order valence-electron chi connectivity index (χ2n) is 6.32. The average molecular weight is 287 g/mol. The van der Waals surface area contributed by atoms with Gasteiger partial charge < -0.3 is 10.2 Å². The molecule has 0 aromatic carbocycles. The molecule has 2 heterocycles. The molecule has 1 N–H and O–H groups in total. The van der Waals surface area contributed by atoms with Crippen molar-refractivity contribution in [3.05, 3.63) is 29.6 Å². The summed E-state index contributed by atoms with van der Waals surface area (Å²) in [7, 11) is 1.86. The number of carbonyl (C=O) groups is 2. The van der Waals surface area contributed by atoms with Crippen LogP contribution in [0.3, 0.4) is 0 Å². The molecule has 0 radical (unpaired) electrons. The summed E-state index contributed by atoms with van der Waals surface area (Å²) in [4.78, 5) is 30.0. The fourth-order valence-corrected chi connectivity index (χ4v) is 3.59. The van der Waals surface area contributed by atoms with Crippen LogP contribution in [0.4, 0.5) is 0 Å². The smallest absolute Gasteiger partial charge is 0.255 e. The van der Waals surface area contributed by atoms with Crippen LogP contribution in [0.15, 0.2) is 18.5 Å². The molecule has 1 aromatic rings. The molecular weight excluding hydrogens is 266 g/mol. The van der Waals surface area contributed by atoms with Crippen molar-refractivity contribution in [2.45, 2.75) is 32.2 Å². The Morgan fingerprint density at radius 1 is 1.33 bits per heavy atom. The Morgan fingerprint density at radius 2 is 2.10 bits per heavy atom. The van der Waals surface area contributed by atoms with Gasteiger partial charge in [-0.15, -0.1) is 0 Å². The first-order chi connectivity index (χ1) is 10.0. The third kappa shape index (κ3) is 2.77. The number of piperidine rings is 1. The minimum Gasteiger partial charge on any atom is -0.356 e. The van der Waals surface area contributed by atoms with Crippen molar-refractivity contribution < 1.29 is 9.59 Å². The van der Waals surface area contributed by atoms with E-state index >= 15 is 0 Å². The van der Waals surface area contributed by atoms with E-state index in [1.807, 2.05) is 24.9 Å². The highest BCUT2D eigenvalue weighted by atomic mass is 16.2. The first-order valence-electron chi connectivity index (χ1n) is 7.50. The van der Waals surface area contributed by atoms with Gasteiger partial charge in [0.2, 0.25) is 5.91 Å². The van der Waals surface area contributed by atoms with Gasteiger partial charge in [0, 0.05) is 38.4 Å². The quantitative estimate of drug-likeness (QED) is 0.894. The van der Waals surface area contributed by atoms with Crippen LogP contribution in [-0.2, 0) is 4.79 Å². The van der Waals surface area contributed by atoms with Crippen LogP contribution in [0.5, 0.6) is 0 Å². The number of carbonyl (C=O) groups excluding carboxylic acids is 2. The molecule has 3 atom stereocenters. The highest BCUT2D eigenvalue weighted by Gasteiger charge is 2.40. The Hall–Kier alpha value is -1.91. The second-order valence-corrected chi connectivity index (χ2v) is 6.32. The topological polar surface area (TPSA) is 62.3 Å². The van der Waals surface area contributed by atoms with Crippen molar-refractivity contribution in [2.75, 3.05) is 13.6 Å². The third-order valence-electron chi connectivity index (χ3n) is 4.82. The van der Waals surface area contributed by atoms with Gasteiger partial charge in [0.25, 0.3) is 5.91 Å². The van der Waals surface area contributed by atoms with E-state index < -0.39 is 0 Å². The first kappa shape index (κ1) is 14.0. The lowest BCUT2D eigenvalue weighted by Crippen LogP contribution is -2.38. The largest absolute Gasteiger partial charge is 0.356 e. The van der Waals surface area contributed by atoms with Gasteiger partial charge in [-0.05, 0) is 43.2 Å². The number of pyridine rings is 1. The van der Waals surface area contributed by atoms with Gasteiger partial charge in [-0.1, -0.05) is 0 Å². The van der Waals surface area contributed by atoms with E-state index in [0.717, 1.165) is 24.9 Å². The number of nitrogens with one attached hydrogen (secondary N) is 1. The van der Waals surface area contributed by atoms with Gasteiger partial charge in [-0.3, -0.25) is 14.6 Å². The summed E-state index contributed by atoms with van der Waals surface area (Å²) >= 11 is 0. The minimum absolute atomic E-state index is 0.0223. The van der Waals surface area contributed by atoms with Gasteiger partial charge in [0.1, 0.15) is 0 Å². The maximum Gasteiger partial charge on any atom is 0.255 e. The Labute approximate surface area is 124 Å². The lowest BCUT2D eigenvalue weighted by Gasteiger charge is -2.25. The summed E-state index contributed by atoms with van der Waals surface area (Å²) in [6.45, 7) is 2.69. The summed E-state index contributed by atoms with van der Waals surface area (Å²) in [6.07, 6.45) is 5.89. The van der Waals surface area contributed by atoms with Crippen molar-refractivity contribution in [1.82, 2.24) is 15.2 Å². The Bertz CT molecular complexity index is 572. The summed E-state index contributed by atoms with van der Waals surface area (Å²) in [5, 5.41) is 2.93. The zero-order valence-electron chi connectivity index (χ0n) is 12.5. The zero-order chi connectivity index (χ0) is 15.0. The second kappa shape index (κ2) is 5.47. The Kier molecular flexibility index (Phi) is 3.66. The molecule has 0 spiro atoms. The molecule has 1 saturated carbocycles. The van der Waals surface area contributed by atoms with Crippen molar-refractivity contribution in [2.24, 2.45) is 11.8 Å². The molecule has 5 nitrogen and oxygen atoms in total. The molecule has 0 bridgehead atoms. The minimum atomic E-state index is 0.0223. The standard InChI is InChI=1S/C16H21N3O2/c1-10-3-13(8-17-7-10)16(21)19(2)14-4-11-6-15(20)18-9-12(11)5-14/h3,7-8,11-12,14H,4-6,9H2,1-2H3,(H,18,20)/t11-,12+,14-/m1/s1. The first-order valence-corrected chi connectivity index (χ1v) is 7.50. The van der Waals surface area contributed by atoms with Gasteiger partial charge >= 0.3 is 0 Å². The normalized spacial score (nSPS) is 27.9. The molecule has 3 rings (SSSR count). The third-order valence-corrected chi connectivity index (χ3v) is 4.82. The molecule has 5 heteroatoms. The lowest BCUT2D eigenvalue weighted by atomic mass is 9.89. The number of nitrogens with zero attached hydrogens (tertiary/aromatic N) is 2. The molecule has 112 valence electrons. The van der Waals surface area contributed by atoms with Crippen LogP contribution >= 0.6 is 0 Å². The number of aromatic nitrogens is 1. The van der Waals surface area contributed by atoms with Crippen LogP contribution < -0.4 is 5.32 Å². The average Bonchev–Trinajstić information content (AvgIpc) is 2.88. The summed E-state index contributed by atoms with van der Waals surface area (Å²) in [5.74, 6) is 1.11. The number of amides is 2. The van der Waals surface area contributed by atoms with Crippen LogP contribution in [0.25, 0.3) is 0 Å². The number of hydrogen-bond donors (Lipinski definition) is 1. The molecule has 2 aliphatic rings. The highest BCUT2D eigenvalue weighted by Crippen LogP contribution is 2.38. The Morgan fingerprint density at radius 3 is 2.86 bits per heavy atom. The predicted molar refractivity (Wildman–Crippen MR) is 78.7 cm³/mol. The van der Waals surface area contributed by atoms with Gasteiger partial charge in [0.05, 0.1) is 5.56 Å². The summed E-state index contributed by atoms with van der Waals surface area (Å²) in [5.41, 5.74) is 1.63. The van der Waals surface area contributed by atoms with Gasteiger partial charge in [-0.2, -0.15) is 0 Å². The van der Waals surface area contributed by atoms with Crippen LogP contribution in [0.2, 0.25) is 0 Å². The van der Waals surface area contributed by atoms with E-state index in [-0.39, 0.29) is 17.9 Å². The molecule has 1 saturated heterocycles. The zero-order valence-corrected chi connectivity index (χ0v) is 12.5. The maximum atomic E-state index is 12.6. The van der Waals surface area contributed by atoms with E-state index in [1.54, 1.807) is 12.4 Å². The van der Waals surface area contributed by atoms with E-state index in [9.17, 15) is 9.59 Å². The molecule has 1 aliphatic heterocycles. The maximum absolute atomic E-state index is 12.6. The highest BCUT2D eigenvalue weighted by molar-refractivity contribution is 5.94. The SMILES string of the molecule is Cc1cncc(C(=O)N(C)[C@H]2C[C@H]3CNC(=O)C[C@H]3C2)c1. The molecule has 21 heavy (non-hydrogen) atoms. The molecule has 2 amide bonds. The fraction of sp³-hybridized carbons (Fsp3) is 0.562. The Balaban J connectivity index is 1.70. The molecule has 0 unspecified atom stereocenters. The van der Waals surface area contributed by atoms with Crippen molar-refractivity contribution in [1.29, 1.82) is 0 Å². The van der Waals surface area contributed by atoms with Gasteiger partial charge in [0.15, 0.2) is 0 Å². The predicted octanol–water partition coefficient (Wildman–Crippen LogP) is 1.38. The summed E-state index contributed by atoms with van der Waals surface area (Å²) < 4.78 is 0. The van der Waals surface area contributed by atoms with Crippen molar-refractivity contribution in [3.63, 3.8) is 0 Å². The van der Waals surface area contributed by atoms with E-state index in [2.05, 4.69) is 10.3 Å². The fourth-order valence-electron chi connectivity index (χ4n) is 3.59. The molecule has 1 aromatic heterocycles.